The lowest BCUT2D eigenvalue weighted by Gasteiger charge is -2.06. The summed E-state index contributed by atoms with van der Waals surface area (Å²) in [6, 6.07) is 3.68. The molecule has 0 aliphatic rings. The number of pyridine rings is 1. The predicted octanol–water partition coefficient (Wildman–Crippen LogP) is 1.28. The highest BCUT2D eigenvalue weighted by molar-refractivity contribution is 5.87. The van der Waals surface area contributed by atoms with Gasteiger partial charge in [0, 0.05) is 18.8 Å². The summed E-state index contributed by atoms with van der Waals surface area (Å²) in [7, 11) is 0. The molecule has 4 heteroatoms. The SMILES string of the molecule is CC(C)NCc1ccc(C(=O)O)cn1. The molecule has 0 aromatic carbocycles. The van der Waals surface area contributed by atoms with E-state index in [0.29, 0.717) is 12.6 Å². The predicted molar refractivity (Wildman–Crippen MR) is 53.2 cm³/mol. The molecular weight excluding hydrogens is 180 g/mol. The molecule has 76 valence electrons. The molecule has 0 amide bonds. The first-order valence-corrected chi connectivity index (χ1v) is 4.51. The Morgan fingerprint density at radius 1 is 1.57 bits per heavy atom. The van der Waals surface area contributed by atoms with Gasteiger partial charge in [0.1, 0.15) is 0 Å². The van der Waals surface area contributed by atoms with Crippen molar-refractivity contribution in [1.82, 2.24) is 10.3 Å². The molecule has 0 aliphatic carbocycles. The number of carbonyl (C=O) groups is 1. The highest BCUT2D eigenvalue weighted by Gasteiger charge is 2.02. The molecule has 2 N–H and O–H groups in total. The van der Waals surface area contributed by atoms with Crippen molar-refractivity contribution in [2.45, 2.75) is 26.4 Å². The Balaban J connectivity index is 2.60. The van der Waals surface area contributed by atoms with Crippen LogP contribution in [0, 0.1) is 0 Å². The molecule has 0 atom stereocenters. The fraction of sp³-hybridized carbons (Fsp3) is 0.400. The lowest BCUT2D eigenvalue weighted by atomic mass is 10.2. The van der Waals surface area contributed by atoms with Crippen molar-refractivity contribution in [2.24, 2.45) is 0 Å². The van der Waals surface area contributed by atoms with Crippen LogP contribution in [0.15, 0.2) is 18.3 Å². The van der Waals surface area contributed by atoms with Gasteiger partial charge in [-0.3, -0.25) is 4.98 Å². The summed E-state index contributed by atoms with van der Waals surface area (Å²) in [5.74, 6) is -0.944. The molecule has 0 radical (unpaired) electrons. The fourth-order valence-corrected chi connectivity index (χ4v) is 0.964. The Morgan fingerprint density at radius 2 is 2.29 bits per heavy atom. The maximum Gasteiger partial charge on any atom is 0.337 e. The molecule has 0 saturated heterocycles. The molecule has 1 aromatic heterocycles. The Hall–Kier alpha value is -1.42. The smallest absolute Gasteiger partial charge is 0.337 e. The molecule has 0 fully saturated rings. The molecule has 1 heterocycles. The third kappa shape index (κ3) is 3.14. The van der Waals surface area contributed by atoms with E-state index < -0.39 is 5.97 Å². The van der Waals surface area contributed by atoms with Crippen molar-refractivity contribution < 1.29 is 9.90 Å². The standard InChI is InChI=1S/C10H14N2O2/c1-7(2)11-6-9-4-3-8(5-12-9)10(13)14/h3-5,7,11H,6H2,1-2H3,(H,13,14). The first kappa shape index (κ1) is 10.7. The summed E-state index contributed by atoms with van der Waals surface area (Å²) in [6.45, 7) is 4.76. The first-order chi connectivity index (χ1) is 6.59. The topological polar surface area (TPSA) is 62.2 Å². The highest BCUT2D eigenvalue weighted by atomic mass is 16.4. The number of hydrogen-bond acceptors (Lipinski definition) is 3. The van der Waals surface area contributed by atoms with Gasteiger partial charge in [-0.25, -0.2) is 4.79 Å². The van der Waals surface area contributed by atoms with Crippen molar-refractivity contribution in [3.63, 3.8) is 0 Å². The Morgan fingerprint density at radius 3 is 2.71 bits per heavy atom. The van der Waals surface area contributed by atoms with E-state index in [1.54, 1.807) is 12.1 Å². The lowest BCUT2D eigenvalue weighted by molar-refractivity contribution is 0.0696. The first-order valence-electron chi connectivity index (χ1n) is 4.51. The van der Waals surface area contributed by atoms with E-state index >= 15 is 0 Å². The quantitative estimate of drug-likeness (QED) is 0.757. The number of hydrogen-bond donors (Lipinski definition) is 2. The largest absolute Gasteiger partial charge is 0.478 e. The van der Waals surface area contributed by atoms with Crippen LogP contribution in [0.1, 0.15) is 29.9 Å². The third-order valence-electron chi connectivity index (χ3n) is 1.76. The third-order valence-corrected chi connectivity index (χ3v) is 1.76. The van der Waals surface area contributed by atoms with Crippen molar-refractivity contribution in [2.75, 3.05) is 0 Å². The van der Waals surface area contributed by atoms with Crippen LogP contribution in [0.25, 0.3) is 0 Å². The summed E-state index contributed by atoms with van der Waals surface area (Å²) in [5, 5.41) is 11.8. The second-order valence-electron chi connectivity index (χ2n) is 3.38. The van der Waals surface area contributed by atoms with Crippen LogP contribution in [-0.4, -0.2) is 22.1 Å². The van der Waals surface area contributed by atoms with E-state index in [1.165, 1.54) is 6.20 Å². The number of rotatable bonds is 4. The van der Waals surface area contributed by atoms with E-state index in [1.807, 2.05) is 13.8 Å². The molecular formula is C10H14N2O2. The number of aromatic carboxylic acids is 1. The van der Waals surface area contributed by atoms with Gasteiger partial charge >= 0.3 is 5.97 Å². The number of carboxylic acid groups (broad SMARTS) is 1. The summed E-state index contributed by atoms with van der Waals surface area (Å²) < 4.78 is 0. The van der Waals surface area contributed by atoms with Gasteiger partial charge < -0.3 is 10.4 Å². The summed E-state index contributed by atoms with van der Waals surface area (Å²) in [6.07, 6.45) is 1.37. The lowest BCUT2D eigenvalue weighted by Crippen LogP contribution is -2.22. The second-order valence-corrected chi connectivity index (χ2v) is 3.38. The fourth-order valence-electron chi connectivity index (χ4n) is 0.964. The van der Waals surface area contributed by atoms with E-state index in [4.69, 9.17) is 5.11 Å². The summed E-state index contributed by atoms with van der Waals surface area (Å²) in [5.41, 5.74) is 1.07. The summed E-state index contributed by atoms with van der Waals surface area (Å²) >= 11 is 0. The van der Waals surface area contributed by atoms with Crippen LogP contribution in [-0.2, 0) is 6.54 Å². The van der Waals surface area contributed by atoms with Gasteiger partial charge in [0.25, 0.3) is 0 Å². The second kappa shape index (κ2) is 4.72. The molecule has 0 aliphatic heterocycles. The molecule has 0 saturated carbocycles. The molecule has 1 aromatic rings. The van der Waals surface area contributed by atoms with Gasteiger partial charge in [0.05, 0.1) is 11.3 Å². The highest BCUT2D eigenvalue weighted by Crippen LogP contribution is 2.00. The molecule has 0 spiro atoms. The average Bonchev–Trinajstić information content (AvgIpc) is 2.15. The van der Waals surface area contributed by atoms with Crippen LogP contribution >= 0.6 is 0 Å². The molecule has 0 bridgehead atoms. The minimum atomic E-state index is -0.944. The zero-order valence-corrected chi connectivity index (χ0v) is 8.32. The maximum atomic E-state index is 10.5. The van der Waals surface area contributed by atoms with Gasteiger partial charge in [0.2, 0.25) is 0 Å². The van der Waals surface area contributed by atoms with Crippen molar-refractivity contribution >= 4 is 5.97 Å². The monoisotopic (exact) mass is 194 g/mol. The maximum absolute atomic E-state index is 10.5. The van der Waals surface area contributed by atoms with Crippen LogP contribution in [0.5, 0.6) is 0 Å². The van der Waals surface area contributed by atoms with Crippen LogP contribution < -0.4 is 5.32 Å². The van der Waals surface area contributed by atoms with E-state index in [9.17, 15) is 4.79 Å². The number of nitrogens with zero attached hydrogens (tertiary/aromatic N) is 1. The van der Waals surface area contributed by atoms with Gasteiger partial charge in [-0.05, 0) is 12.1 Å². The Kier molecular flexibility index (Phi) is 3.59. The van der Waals surface area contributed by atoms with Crippen molar-refractivity contribution in [3.8, 4) is 0 Å². The Bertz CT molecular complexity index is 306. The van der Waals surface area contributed by atoms with Crippen molar-refractivity contribution in [1.29, 1.82) is 0 Å². The minimum absolute atomic E-state index is 0.221. The van der Waals surface area contributed by atoms with Gasteiger partial charge in [-0.2, -0.15) is 0 Å². The number of nitrogens with one attached hydrogen (secondary N) is 1. The van der Waals surface area contributed by atoms with Crippen LogP contribution in [0.3, 0.4) is 0 Å². The Labute approximate surface area is 83.0 Å². The molecule has 4 nitrogen and oxygen atoms in total. The molecule has 1 rings (SSSR count). The van der Waals surface area contributed by atoms with Crippen LogP contribution in [0.4, 0.5) is 0 Å². The van der Waals surface area contributed by atoms with E-state index in [0.717, 1.165) is 5.69 Å². The van der Waals surface area contributed by atoms with Crippen molar-refractivity contribution in [3.05, 3.63) is 29.6 Å². The molecule has 14 heavy (non-hydrogen) atoms. The zero-order chi connectivity index (χ0) is 10.6. The number of aromatic nitrogens is 1. The number of carboxylic acids is 1. The normalized spacial score (nSPS) is 10.5. The zero-order valence-electron chi connectivity index (χ0n) is 8.32. The van der Waals surface area contributed by atoms with Crippen LogP contribution in [0.2, 0.25) is 0 Å². The van der Waals surface area contributed by atoms with E-state index in [2.05, 4.69) is 10.3 Å². The minimum Gasteiger partial charge on any atom is -0.478 e. The molecule has 0 unspecified atom stereocenters. The van der Waals surface area contributed by atoms with Gasteiger partial charge in [-0.1, -0.05) is 13.8 Å². The summed E-state index contributed by atoms with van der Waals surface area (Å²) in [4.78, 5) is 14.6. The van der Waals surface area contributed by atoms with Gasteiger partial charge in [0.15, 0.2) is 0 Å². The van der Waals surface area contributed by atoms with Gasteiger partial charge in [-0.15, -0.1) is 0 Å². The average molecular weight is 194 g/mol. The van der Waals surface area contributed by atoms with E-state index in [-0.39, 0.29) is 5.56 Å².